The van der Waals surface area contributed by atoms with Gasteiger partial charge in [0.2, 0.25) is 0 Å². The third kappa shape index (κ3) is 0.973. The Kier molecular flexibility index (Phi) is 1.50. The predicted molar refractivity (Wildman–Crippen MR) is 50.4 cm³/mol. The monoisotopic (exact) mass is 188 g/mol. The van der Waals surface area contributed by atoms with Gasteiger partial charge in [-0.2, -0.15) is 23.5 Å². The van der Waals surface area contributed by atoms with E-state index in [1.54, 1.807) is 0 Å². The topological polar surface area (TPSA) is 12.5 Å². The Morgan fingerprint density at radius 2 is 2.09 bits per heavy atom. The van der Waals surface area contributed by atoms with Gasteiger partial charge in [0.05, 0.1) is 6.61 Å². The summed E-state index contributed by atoms with van der Waals surface area (Å²) in [5, 5.41) is 1.78. The molecule has 3 aliphatic rings. The van der Waals surface area contributed by atoms with Gasteiger partial charge in [-0.05, 0) is 12.8 Å². The highest BCUT2D eigenvalue weighted by Gasteiger charge is 2.59. The fourth-order valence-electron chi connectivity index (χ4n) is 2.22. The van der Waals surface area contributed by atoms with Crippen LogP contribution < -0.4 is 0 Å². The number of hydrogen-bond donors (Lipinski definition) is 0. The SMILES string of the molecule is C1CSC2C(CCC23CO3)S1. The maximum atomic E-state index is 5.59. The number of rotatable bonds is 0. The van der Waals surface area contributed by atoms with Crippen LogP contribution in [0.2, 0.25) is 0 Å². The molecule has 62 valence electrons. The minimum atomic E-state index is 0.378. The molecule has 0 aromatic carbocycles. The molecule has 0 N–H and O–H groups in total. The number of epoxide rings is 1. The van der Waals surface area contributed by atoms with Crippen molar-refractivity contribution >= 4 is 23.5 Å². The maximum Gasteiger partial charge on any atom is 0.104 e. The first-order valence-electron chi connectivity index (χ1n) is 4.28. The first-order valence-corrected chi connectivity index (χ1v) is 6.38. The molecule has 2 aliphatic heterocycles. The lowest BCUT2D eigenvalue weighted by Crippen LogP contribution is -2.30. The zero-order valence-corrected chi connectivity index (χ0v) is 8.05. The zero-order valence-electron chi connectivity index (χ0n) is 6.41. The van der Waals surface area contributed by atoms with E-state index >= 15 is 0 Å². The van der Waals surface area contributed by atoms with E-state index in [2.05, 4.69) is 23.5 Å². The molecule has 0 aromatic heterocycles. The van der Waals surface area contributed by atoms with Crippen molar-refractivity contribution in [2.75, 3.05) is 18.1 Å². The molecule has 0 amide bonds. The summed E-state index contributed by atoms with van der Waals surface area (Å²) in [5.74, 6) is 2.71. The molecule has 2 heterocycles. The fourth-order valence-corrected chi connectivity index (χ4v) is 5.64. The summed E-state index contributed by atoms with van der Waals surface area (Å²) in [7, 11) is 0. The van der Waals surface area contributed by atoms with Crippen molar-refractivity contribution in [1.29, 1.82) is 0 Å². The quantitative estimate of drug-likeness (QED) is 0.538. The van der Waals surface area contributed by atoms with Crippen LogP contribution >= 0.6 is 23.5 Å². The van der Waals surface area contributed by atoms with E-state index in [0.717, 1.165) is 17.1 Å². The lowest BCUT2D eigenvalue weighted by atomic mass is 10.1. The number of thioether (sulfide) groups is 2. The van der Waals surface area contributed by atoms with Gasteiger partial charge in [-0.3, -0.25) is 0 Å². The molecule has 1 saturated carbocycles. The van der Waals surface area contributed by atoms with Crippen LogP contribution in [0.1, 0.15) is 12.8 Å². The Labute approximate surface area is 75.6 Å². The van der Waals surface area contributed by atoms with Gasteiger partial charge in [-0.15, -0.1) is 0 Å². The number of hydrogen-bond acceptors (Lipinski definition) is 3. The summed E-state index contributed by atoms with van der Waals surface area (Å²) in [6.07, 6.45) is 2.74. The molecule has 3 unspecified atom stereocenters. The standard InChI is InChI=1S/C8H12OS2/c1-2-8(5-9-8)7-6(1)10-3-4-11-7/h6-7H,1-5H2. The van der Waals surface area contributed by atoms with Crippen molar-refractivity contribution in [3.8, 4) is 0 Å². The van der Waals surface area contributed by atoms with Crippen molar-refractivity contribution in [3.63, 3.8) is 0 Å². The van der Waals surface area contributed by atoms with Crippen LogP contribution in [-0.4, -0.2) is 34.2 Å². The summed E-state index contributed by atoms with van der Waals surface area (Å²) in [5.41, 5.74) is 0.378. The van der Waals surface area contributed by atoms with E-state index in [9.17, 15) is 0 Å². The summed E-state index contributed by atoms with van der Waals surface area (Å²) < 4.78 is 5.59. The van der Waals surface area contributed by atoms with E-state index in [-0.39, 0.29) is 0 Å². The summed E-state index contributed by atoms with van der Waals surface area (Å²) in [4.78, 5) is 0. The second-order valence-corrected chi connectivity index (χ2v) is 6.19. The van der Waals surface area contributed by atoms with E-state index in [1.807, 2.05) is 0 Å². The van der Waals surface area contributed by atoms with E-state index in [1.165, 1.54) is 24.3 Å². The molecule has 3 atom stereocenters. The van der Waals surface area contributed by atoms with Crippen molar-refractivity contribution in [2.24, 2.45) is 0 Å². The second-order valence-electron chi connectivity index (χ2n) is 3.59. The maximum absolute atomic E-state index is 5.59. The largest absolute Gasteiger partial charge is 0.368 e. The lowest BCUT2D eigenvalue weighted by molar-refractivity contribution is 0.314. The molecule has 3 fully saturated rings. The van der Waals surface area contributed by atoms with Gasteiger partial charge in [-0.25, -0.2) is 0 Å². The molecule has 3 heteroatoms. The lowest BCUT2D eigenvalue weighted by Gasteiger charge is -2.26. The minimum absolute atomic E-state index is 0.378. The Bertz CT molecular complexity index is 179. The summed E-state index contributed by atoms with van der Waals surface area (Å²) in [6.45, 7) is 1.06. The van der Waals surface area contributed by atoms with Gasteiger partial charge in [0, 0.05) is 22.0 Å². The van der Waals surface area contributed by atoms with Crippen molar-refractivity contribution < 1.29 is 4.74 Å². The van der Waals surface area contributed by atoms with Crippen LogP contribution in [0.25, 0.3) is 0 Å². The summed E-state index contributed by atoms with van der Waals surface area (Å²) in [6, 6.07) is 0. The van der Waals surface area contributed by atoms with Crippen LogP contribution in [-0.2, 0) is 4.74 Å². The molecule has 0 aromatic rings. The van der Waals surface area contributed by atoms with Gasteiger partial charge < -0.3 is 4.74 Å². The van der Waals surface area contributed by atoms with Crippen LogP contribution in [0.5, 0.6) is 0 Å². The molecule has 1 nitrogen and oxygen atoms in total. The molecule has 0 bridgehead atoms. The van der Waals surface area contributed by atoms with Crippen LogP contribution in [0.4, 0.5) is 0 Å². The first kappa shape index (κ1) is 7.10. The molecule has 1 aliphatic carbocycles. The van der Waals surface area contributed by atoms with E-state index in [4.69, 9.17) is 4.74 Å². The Hall–Kier alpha value is 0.660. The van der Waals surface area contributed by atoms with Gasteiger partial charge in [-0.1, -0.05) is 0 Å². The molecule has 0 radical (unpaired) electrons. The predicted octanol–water partition coefficient (Wildman–Crippen LogP) is 1.77. The average Bonchev–Trinajstić information content (AvgIpc) is 2.72. The molecule has 1 spiro atoms. The number of fused-ring (bicyclic) bond motifs is 2. The molecule has 3 rings (SSSR count). The van der Waals surface area contributed by atoms with Crippen LogP contribution in [0, 0.1) is 0 Å². The Morgan fingerprint density at radius 1 is 1.27 bits per heavy atom. The first-order chi connectivity index (χ1) is 5.41. The van der Waals surface area contributed by atoms with Crippen molar-refractivity contribution in [3.05, 3.63) is 0 Å². The fraction of sp³-hybridized carbons (Fsp3) is 1.00. The average molecular weight is 188 g/mol. The van der Waals surface area contributed by atoms with E-state index < -0.39 is 0 Å². The second kappa shape index (κ2) is 2.33. The normalized spacial score (nSPS) is 54.5. The smallest absolute Gasteiger partial charge is 0.104 e. The third-order valence-electron chi connectivity index (χ3n) is 2.94. The van der Waals surface area contributed by atoms with Gasteiger partial charge in [0.1, 0.15) is 5.60 Å². The Balaban J connectivity index is 1.83. The van der Waals surface area contributed by atoms with Crippen molar-refractivity contribution in [1.82, 2.24) is 0 Å². The number of ether oxygens (including phenoxy) is 1. The highest BCUT2D eigenvalue weighted by molar-refractivity contribution is 8.07. The third-order valence-corrected chi connectivity index (χ3v) is 6.30. The summed E-state index contributed by atoms with van der Waals surface area (Å²) >= 11 is 4.33. The Morgan fingerprint density at radius 3 is 2.91 bits per heavy atom. The molecular weight excluding hydrogens is 176 g/mol. The van der Waals surface area contributed by atoms with Crippen LogP contribution in [0.3, 0.4) is 0 Å². The van der Waals surface area contributed by atoms with Gasteiger partial charge in [0.15, 0.2) is 0 Å². The highest BCUT2D eigenvalue weighted by atomic mass is 32.2. The molecule has 11 heavy (non-hydrogen) atoms. The molecular formula is C8H12OS2. The van der Waals surface area contributed by atoms with Crippen molar-refractivity contribution in [2.45, 2.75) is 28.9 Å². The van der Waals surface area contributed by atoms with Gasteiger partial charge in [0.25, 0.3) is 0 Å². The zero-order chi connectivity index (χ0) is 7.31. The minimum Gasteiger partial charge on any atom is -0.368 e. The molecule has 2 saturated heterocycles. The van der Waals surface area contributed by atoms with E-state index in [0.29, 0.717) is 5.60 Å². The van der Waals surface area contributed by atoms with Crippen LogP contribution in [0.15, 0.2) is 0 Å². The highest BCUT2D eigenvalue weighted by Crippen LogP contribution is 2.54. The van der Waals surface area contributed by atoms with Gasteiger partial charge >= 0.3 is 0 Å².